The SMILES string of the molecule is O=C(OCc1ccccc1)[C@H]1C[C@@H](F)[C@@H](C(=O)O)C1. The summed E-state index contributed by atoms with van der Waals surface area (Å²) in [5.74, 6) is -3.45. The molecule has 102 valence electrons. The van der Waals surface area contributed by atoms with Gasteiger partial charge in [-0.25, -0.2) is 4.39 Å². The molecule has 0 unspecified atom stereocenters. The Labute approximate surface area is 110 Å². The quantitative estimate of drug-likeness (QED) is 0.848. The van der Waals surface area contributed by atoms with Crippen LogP contribution in [0.4, 0.5) is 4.39 Å². The van der Waals surface area contributed by atoms with E-state index in [1.807, 2.05) is 30.3 Å². The first-order valence-electron chi connectivity index (χ1n) is 6.15. The third-order valence-electron chi connectivity index (χ3n) is 3.36. The van der Waals surface area contributed by atoms with E-state index >= 15 is 0 Å². The summed E-state index contributed by atoms with van der Waals surface area (Å²) < 4.78 is 18.5. The molecule has 0 heterocycles. The number of alkyl halides is 1. The first-order valence-corrected chi connectivity index (χ1v) is 6.15. The lowest BCUT2D eigenvalue weighted by Crippen LogP contribution is -2.19. The number of carboxylic acid groups (broad SMARTS) is 1. The topological polar surface area (TPSA) is 63.6 Å². The Bertz CT molecular complexity index is 460. The Kier molecular flexibility index (Phi) is 4.14. The number of carbonyl (C=O) groups is 2. The average Bonchev–Trinajstić information content (AvgIpc) is 2.79. The van der Waals surface area contributed by atoms with Gasteiger partial charge in [0, 0.05) is 0 Å². The molecule has 0 bridgehead atoms. The van der Waals surface area contributed by atoms with Gasteiger partial charge in [-0.3, -0.25) is 9.59 Å². The number of carboxylic acids is 1. The fourth-order valence-electron chi connectivity index (χ4n) is 2.28. The summed E-state index contributed by atoms with van der Waals surface area (Å²) in [6.07, 6.45) is -1.51. The molecular formula is C14H15FO4. The number of hydrogen-bond donors (Lipinski definition) is 1. The predicted molar refractivity (Wildman–Crippen MR) is 65.0 cm³/mol. The van der Waals surface area contributed by atoms with Crippen LogP contribution in [-0.2, 0) is 20.9 Å². The molecule has 0 radical (unpaired) electrons. The molecule has 0 saturated heterocycles. The summed E-state index contributed by atoms with van der Waals surface area (Å²) in [5, 5.41) is 8.80. The molecule has 0 aromatic heterocycles. The summed E-state index contributed by atoms with van der Waals surface area (Å²) in [7, 11) is 0. The molecule has 1 aromatic rings. The monoisotopic (exact) mass is 266 g/mol. The molecule has 5 heteroatoms. The Hall–Kier alpha value is -1.91. The summed E-state index contributed by atoms with van der Waals surface area (Å²) in [4.78, 5) is 22.5. The van der Waals surface area contributed by atoms with Crippen LogP contribution in [0.15, 0.2) is 30.3 Å². The lowest BCUT2D eigenvalue weighted by Gasteiger charge is -2.09. The minimum atomic E-state index is -1.47. The number of benzene rings is 1. The van der Waals surface area contributed by atoms with Gasteiger partial charge in [0.2, 0.25) is 0 Å². The maximum atomic E-state index is 13.4. The van der Waals surface area contributed by atoms with Gasteiger partial charge in [-0.2, -0.15) is 0 Å². The van der Waals surface area contributed by atoms with E-state index in [0.717, 1.165) is 5.56 Å². The number of esters is 1. The Morgan fingerprint density at radius 2 is 1.95 bits per heavy atom. The third-order valence-corrected chi connectivity index (χ3v) is 3.36. The molecule has 4 nitrogen and oxygen atoms in total. The van der Waals surface area contributed by atoms with Crippen LogP contribution in [-0.4, -0.2) is 23.2 Å². The van der Waals surface area contributed by atoms with Crippen LogP contribution in [0.25, 0.3) is 0 Å². The molecule has 0 amide bonds. The summed E-state index contributed by atoms with van der Waals surface area (Å²) in [5.41, 5.74) is 0.848. The van der Waals surface area contributed by atoms with Crippen LogP contribution in [0.3, 0.4) is 0 Å². The van der Waals surface area contributed by atoms with Crippen molar-refractivity contribution in [2.75, 3.05) is 0 Å². The predicted octanol–water partition coefficient (Wildman–Crippen LogP) is 2.18. The minimum absolute atomic E-state index is 0.0180. The second-order valence-electron chi connectivity index (χ2n) is 4.72. The van der Waals surface area contributed by atoms with Crippen LogP contribution in [0.2, 0.25) is 0 Å². The highest BCUT2D eigenvalue weighted by Crippen LogP contribution is 2.34. The van der Waals surface area contributed by atoms with Crippen molar-refractivity contribution in [3.05, 3.63) is 35.9 Å². The van der Waals surface area contributed by atoms with Crippen molar-refractivity contribution in [2.24, 2.45) is 11.8 Å². The number of ether oxygens (including phenoxy) is 1. The summed E-state index contributed by atoms with van der Waals surface area (Å²) >= 11 is 0. The van der Waals surface area contributed by atoms with Crippen molar-refractivity contribution in [3.8, 4) is 0 Å². The van der Waals surface area contributed by atoms with Gasteiger partial charge in [0.25, 0.3) is 0 Å². The Morgan fingerprint density at radius 1 is 1.26 bits per heavy atom. The molecule has 1 aliphatic carbocycles. The molecule has 1 N–H and O–H groups in total. The van der Waals surface area contributed by atoms with Crippen LogP contribution in [0, 0.1) is 11.8 Å². The van der Waals surface area contributed by atoms with Crippen molar-refractivity contribution in [1.29, 1.82) is 0 Å². The van der Waals surface area contributed by atoms with Crippen LogP contribution in [0.5, 0.6) is 0 Å². The van der Waals surface area contributed by atoms with Crippen molar-refractivity contribution in [3.63, 3.8) is 0 Å². The van der Waals surface area contributed by atoms with Gasteiger partial charge in [-0.1, -0.05) is 30.3 Å². The minimum Gasteiger partial charge on any atom is -0.481 e. The highest BCUT2D eigenvalue weighted by molar-refractivity contribution is 5.77. The largest absolute Gasteiger partial charge is 0.481 e. The van der Waals surface area contributed by atoms with E-state index in [9.17, 15) is 14.0 Å². The van der Waals surface area contributed by atoms with E-state index in [2.05, 4.69) is 0 Å². The maximum Gasteiger partial charge on any atom is 0.309 e. The van der Waals surface area contributed by atoms with Crippen molar-refractivity contribution < 1.29 is 23.8 Å². The number of carbonyl (C=O) groups excluding carboxylic acids is 1. The highest BCUT2D eigenvalue weighted by Gasteiger charge is 2.42. The van der Waals surface area contributed by atoms with Crippen molar-refractivity contribution >= 4 is 11.9 Å². The molecule has 19 heavy (non-hydrogen) atoms. The van der Waals surface area contributed by atoms with Crippen LogP contribution < -0.4 is 0 Å². The first kappa shape index (κ1) is 13.5. The van der Waals surface area contributed by atoms with E-state index in [1.54, 1.807) is 0 Å². The fourth-order valence-corrected chi connectivity index (χ4v) is 2.28. The van der Waals surface area contributed by atoms with Gasteiger partial charge in [0.05, 0.1) is 11.8 Å². The molecule has 1 aromatic carbocycles. The zero-order valence-corrected chi connectivity index (χ0v) is 10.3. The molecule has 3 atom stereocenters. The van der Waals surface area contributed by atoms with Gasteiger partial charge in [-0.15, -0.1) is 0 Å². The molecule has 1 saturated carbocycles. The van der Waals surface area contributed by atoms with Crippen molar-refractivity contribution in [2.45, 2.75) is 25.6 Å². The zero-order valence-electron chi connectivity index (χ0n) is 10.3. The van der Waals surface area contributed by atoms with E-state index in [1.165, 1.54) is 0 Å². The second-order valence-corrected chi connectivity index (χ2v) is 4.72. The van der Waals surface area contributed by atoms with Gasteiger partial charge < -0.3 is 9.84 Å². The Morgan fingerprint density at radius 3 is 2.53 bits per heavy atom. The lowest BCUT2D eigenvalue weighted by molar-refractivity contribution is -0.150. The van der Waals surface area contributed by atoms with Crippen LogP contribution in [0.1, 0.15) is 18.4 Å². The van der Waals surface area contributed by atoms with E-state index < -0.39 is 29.9 Å². The Balaban J connectivity index is 1.86. The number of hydrogen-bond acceptors (Lipinski definition) is 3. The standard InChI is InChI=1S/C14H15FO4/c15-12-7-10(6-11(12)13(16)17)14(18)19-8-9-4-2-1-3-5-9/h1-5,10-12H,6-8H2,(H,16,17)/t10-,11+,12-/m1/s1. The van der Waals surface area contributed by atoms with Gasteiger partial charge >= 0.3 is 11.9 Å². The molecule has 2 rings (SSSR count). The third kappa shape index (κ3) is 3.30. The van der Waals surface area contributed by atoms with E-state index in [4.69, 9.17) is 9.84 Å². The molecular weight excluding hydrogens is 251 g/mol. The lowest BCUT2D eigenvalue weighted by atomic mass is 10.1. The highest BCUT2D eigenvalue weighted by atomic mass is 19.1. The second kappa shape index (κ2) is 5.82. The smallest absolute Gasteiger partial charge is 0.309 e. The normalized spacial score (nSPS) is 26.1. The van der Waals surface area contributed by atoms with Gasteiger partial charge in [-0.05, 0) is 18.4 Å². The summed E-state index contributed by atoms with van der Waals surface area (Å²) in [6, 6.07) is 9.15. The van der Waals surface area contributed by atoms with Gasteiger partial charge in [0.1, 0.15) is 12.8 Å². The summed E-state index contributed by atoms with van der Waals surface area (Å²) in [6.45, 7) is 0.130. The number of aliphatic carboxylic acids is 1. The molecule has 0 spiro atoms. The number of rotatable bonds is 4. The van der Waals surface area contributed by atoms with Crippen LogP contribution >= 0.6 is 0 Å². The average molecular weight is 266 g/mol. The van der Waals surface area contributed by atoms with E-state index in [-0.39, 0.29) is 19.4 Å². The maximum absolute atomic E-state index is 13.4. The number of halogens is 1. The molecule has 0 aliphatic heterocycles. The van der Waals surface area contributed by atoms with Gasteiger partial charge in [0.15, 0.2) is 0 Å². The first-order chi connectivity index (χ1) is 9.08. The zero-order chi connectivity index (χ0) is 13.8. The fraction of sp³-hybridized carbons (Fsp3) is 0.429. The molecule has 1 aliphatic rings. The molecule has 1 fully saturated rings. The van der Waals surface area contributed by atoms with Crippen molar-refractivity contribution in [1.82, 2.24) is 0 Å². The van der Waals surface area contributed by atoms with E-state index in [0.29, 0.717) is 0 Å².